The summed E-state index contributed by atoms with van der Waals surface area (Å²) < 4.78 is 28.0. The highest BCUT2D eigenvalue weighted by atomic mass is 79.9. The Kier molecular flexibility index (Phi) is 5.40. The number of hydrogen-bond donors (Lipinski definition) is 2. The van der Waals surface area contributed by atoms with Crippen molar-refractivity contribution >= 4 is 31.9 Å². The summed E-state index contributed by atoms with van der Waals surface area (Å²) in [5.74, 6) is -1.60. The first-order valence-electron chi connectivity index (χ1n) is 6.91. The zero-order valence-corrected chi connectivity index (χ0v) is 13.9. The van der Waals surface area contributed by atoms with Crippen LogP contribution in [0.15, 0.2) is 33.6 Å². The SMILES string of the molecule is O=C(O)C1CCCCCC1NS(=O)(=O)c1ccccc1Br. The molecule has 2 N–H and O–H groups in total. The van der Waals surface area contributed by atoms with E-state index in [-0.39, 0.29) is 4.90 Å². The lowest BCUT2D eigenvalue weighted by Gasteiger charge is -2.23. The fourth-order valence-corrected chi connectivity index (χ4v) is 4.98. The van der Waals surface area contributed by atoms with Gasteiger partial charge in [0.25, 0.3) is 0 Å². The van der Waals surface area contributed by atoms with Crippen LogP contribution in [0.2, 0.25) is 0 Å². The standard InChI is InChI=1S/C14H18BrNO4S/c15-11-7-4-5-9-13(11)21(19,20)16-12-8-3-1-2-6-10(12)14(17)18/h4-5,7,9-10,12,16H,1-3,6,8H2,(H,17,18). The molecule has 1 aromatic carbocycles. The molecule has 2 rings (SSSR count). The Labute approximate surface area is 132 Å². The maximum atomic E-state index is 12.5. The number of carboxylic acid groups (broad SMARTS) is 1. The molecule has 0 aliphatic heterocycles. The summed E-state index contributed by atoms with van der Waals surface area (Å²) in [6, 6.07) is 5.97. The summed E-state index contributed by atoms with van der Waals surface area (Å²) in [5.41, 5.74) is 0. The second kappa shape index (κ2) is 6.89. The van der Waals surface area contributed by atoms with Crippen molar-refractivity contribution in [1.29, 1.82) is 0 Å². The Morgan fingerprint density at radius 3 is 2.52 bits per heavy atom. The average molecular weight is 376 g/mol. The van der Waals surface area contributed by atoms with Gasteiger partial charge < -0.3 is 5.11 Å². The lowest BCUT2D eigenvalue weighted by atomic mass is 9.96. The number of halogens is 1. The predicted molar refractivity (Wildman–Crippen MR) is 82.5 cm³/mol. The molecular weight excluding hydrogens is 358 g/mol. The summed E-state index contributed by atoms with van der Waals surface area (Å²) in [6.45, 7) is 0. The van der Waals surface area contributed by atoms with Crippen molar-refractivity contribution in [1.82, 2.24) is 4.72 Å². The van der Waals surface area contributed by atoms with Gasteiger partial charge >= 0.3 is 5.97 Å². The Balaban J connectivity index is 2.25. The molecule has 0 aromatic heterocycles. The quantitative estimate of drug-likeness (QED) is 0.792. The van der Waals surface area contributed by atoms with Crippen LogP contribution in [0.3, 0.4) is 0 Å². The molecular formula is C14H18BrNO4S. The van der Waals surface area contributed by atoms with Crippen LogP contribution >= 0.6 is 15.9 Å². The van der Waals surface area contributed by atoms with E-state index in [1.165, 1.54) is 6.07 Å². The van der Waals surface area contributed by atoms with Crippen molar-refractivity contribution in [2.24, 2.45) is 5.92 Å². The second-order valence-electron chi connectivity index (χ2n) is 5.24. The van der Waals surface area contributed by atoms with Crippen LogP contribution in [0.1, 0.15) is 32.1 Å². The molecule has 0 spiro atoms. The van der Waals surface area contributed by atoms with Crippen LogP contribution in [-0.4, -0.2) is 25.5 Å². The molecule has 1 aliphatic carbocycles. The van der Waals surface area contributed by atoms with Crippen LogP contribution in [0, 0.1) is 5.92 Å². The molecule has 1 saturated carbocycles. The van der Waals surface area contributed by atoms with E-state index in [1.54, 1.807) is 18.2 Å². The average Bonchev–Trinajstić information content (AvgIpc) is 2.64. The van der Waals surface area contributed by atoms with E-state index in [1.807, 2.05) is 0 Å². The maximum Gasteiger partial charge on any atom is 0.308 e. The molecule has 1 aliphatic rings. The van der Waals surface area contributed by atoms with Crippen LogP contribution in [0.4, 0.5) is 0 Å². The molecule has 2 atom stereocenters. The lowest BCUT2D eigenvalue weighted by molar-refractivity contribution is -0.142. The first-order chi connectivity index (χ1) is 9.92. The van der Waals surface area contributed by atoms with E-state index < -0.39 is 28.0 Å². The van der Waals surface area contributed by atoms with Gasteiger partial charge in [-0.2, -0.15) is 0 Å². The first kappa shape index (κ1) is 16.5. The van der Waals surface area contributed by atoms with Crippen molar-refractivity contribution in [3.05, 3.63) is 28.7 Å². The zero-order chi connectivity index (χ0) is 15.5. The smallest absolute Gasteiger partial charge is 0.308 e. The third kappa shape index (κ3) is 4.05. The number of carboxylic acids is 1. The van der Waals surface area contributed by atoms with Crippen molar-refractivity contribution in [2.45, 2.75) is 43.0 Å². The topological polar surface area (TPSA) is 83.5 Å². The molecule has 0 amide bonds. The highest BCUT2D eigenvalue weighted by molar-refractivity contribution is 9.10. The minimum absolute atomic E-state index is 0.137. The number of sulfonamides is 1. The highest BCUT2D eigenvalue weighted by Crippen LogP contribution is 2.27. The van der Waals surface area contributed by atoms with Gasteiger partial charge in [0.15, 0.2) is 0 Å². The van der Waals surface area contributed by atoms with Crippen LogP contribution in [0.5, 0.6) is 0 Å². The summed E-state index contributed by atoms with van der Waals surface area (Å²) >= 11 is 3.22. The highest BCUT2D eigenvalue weighted by Gasteiger charge is 2.33. The van der Waals surface area contributed by atoms with E-state index >= 15 is 0 Å². The fraction of sp³-hybridized carbons (Fsp3) is 0.500. The first-order valence-corrected chi connectivity index (χ1v) is 9.19. The van der Waals surface area contributed by atoms with E-state index in [2.05, 4.69) is 20.7 Å². The van der Waals surface area contributed by atoms with Gasteiger partial charge in [0.05, 0.1) is 10.8 Å². The van der Waals surface area contributed by atoms with Gasteiger partial charge in [0, 0.05) is 10.5 Å². The van der Waals surface area contributed by atoms with Crippen LogP contribution in [0.25, 0.3) is 0 Å². The molecule has 0 heterocycles. The molecule has 21 heavy (non-hydrogen) atoms. The minimum atomic E-state index is -3.73. The van der Waals surface area contributed by atoms with Gasteiger partial charge in [-0.05, 0) is 40.9 Å². The molecule has 5 nitrogen and oxygen atoms in total. The Bertz CT molecular complexity index is 617. The molecule has 0 saturated heterocycles. The Hall–Kier alpha value is -0.920. The number of rotatable bonds is 4. The monoisotopic (exact) mass is 375 g/mol. The second-order valence-corrected chi connectivity index (χ2v) is 7.78. The molecule has 7 heteroatoms. The van der Waals surface area contributed by atoms with Gasteiger partial charge in [-0.25, -0.2) is 13.1 Å². The van der Waals surface area contributed by atoms with Crippen LogP contribution < -0.4 is 4.72 Å². The molecule has 1 aromatic rings. The van der Waals surface area contributed by atoms with Crippen LogP contribution in [-0.2, 0) is 14.8 Å². The number of aliphatic carboxylic acids is 1. The molecule has 1 fully saturated rings. The number of nitrogens with one attached hydrogen (secondary N) is 1. The minimum Gasteiger partial charge on any atom is -0.481 e. The van der Waals surface area contributed by atoms with Gasteiger partial charge in [0.2, 0.25) is 10.0 Å². The normalized spacial score (nSPS) is 23.5. The molecule has 116 valence electrons. The molecule has 0 radical (unpaired) electrons. The fourth-order valence-electron chi connectivity index (χ4n) is 2.67. The summed E-state index contributed by atoms with van der Waals surface area (Å²) in [5, 5.41) is 9.31. The van der Waals surface area contributed by atoms with Crippen molar-refractivity contribution in [3.63, 3.8) is 0 Å². The van der Waals surface area contributed by atoms with E-state index in [9.17, 15) is 18.3 Å². The molecule has 0 bridgehead atoms. The number of benzene rings is 1. The predicted octanol–water partition coefficient (Wildman–Crippen LogP) is 2.76. The van der Waals surface area contributed by atoms with Crippen molar-refractivity contribution in [2.75, 3.05) is 0 Å². The third-order valence-corrected chi connectivity index (χ3v) is 6.27. The summed E-state index contributed by atoms with van der Waals surface area (Å²) in [4.78, 5) is 11.5. The Morgan fingerprint density at radius 2 is 1.86 bits per heavy atom. The van der Waals surface area contributed by atoms with Gasteiger partial charge in [0.1, 0.15) is 0 Å². The van der Waals surface area contributed by atoms with E-state index in [0.717, 1.165) is 19.3 Å². The van der Waals surface area contributed by atoms with E-state index in [0.29, 0.717) is 17.3 Å². The largest absolute Gasteiger partial charge is 0.481 e. The maximum absolute atomic E-state index is 12.5. The number of carbonyl (C=O) groups is 1. The number of hydrogen-bond acceptors (Lipinski definition) is 3. The van der Waals surface area contributed by atoms with Crippen molar-refractivity contribution < 1.29 is 18.3 Å². The summed E-state index contributed by atoms with van der Waals surface area (Å²) in [7, 11) is -3.73. The Morgan fingerprint density at radius 1 is 1.19 bits per heavy atom. The van der Waals surface area contributed by atoms with Crippen molar-refractivity contribution in [3.8, 4) is 0 Å². The van der Waals surface area contributed by atoms with Gasteiger partial charge in [-0.1, -0.05) is 31.4 Å². The third-order valence-electron chi connectivity index (χ3n) is 3.77. The summed E-state index contributed by atoms with van der Waals surface area (Å²) in [6.07, 6.45) is 3.67. The van der Waals surface area contributed by atoms with Gasteiger partial charge in [-0.3, -0.25) is 4.79 Å². The molecule has 2 unspecified atom stereocenters. The van der Waals surface area contributed by atoms with E-state index in [4.69, 9.17) is 0 Å². The van der Waals surface area contributed by atoms with Gasteiger partial charge in [-0.15, -0.1) is 0 Å². The zero-order valence-electron chi connectivity index (χ0n) is 11.5. The lowest BCUT2D eigenvalue weighted by Crippen LogP contribution is -2.42.